The van der Waals surface area contributed by atoms with E-state index in [0.29, 0.717) is 0 Å². The fourth-order valence-electron chi connectivity index (χ4n) is 3.21. The molecule has 20 heavy (non-hydrogen) atoms. The number of fused-ring (bicyclic) bond motifs is 1. The summed E-state index contributed by atoms with van der Waals surface area (Å²) < 4.78 is 6.06. The molecule has 0 radical (unpaired) electrons. The van der Waals surface area contributed by atoms with Crippen molar-refractivity contribution >= 4 is 11.4 Å². The van der Waals surface area contributed by atoms with E-state index >= 15 is 0 Å². The molecule has 0 saturated carbocycles. The largest absolute Gasteiger partial charge is 0.487 e. The van der Waals surface area contributed by atoms with Crippen LogP contribution in [-0.4, -0.2) is 45.4 Å². The average Bonchev–Trinajstić information content (AvgIpc) is 2.47. The first-order valence-corrected chi connectivity index (χ1v) is 7.80. The van der Waals surface area contributed by atoms with Gasteiger partial charge in [-0.3, -0.25) is 0 Å². The second kappa shape index (κ2) is 5.92. The summed E-state index contributed by atoms with van der Waals surface area (Å²) in [6, 6.07) is 6.48. The van der Waals surface area contributed by atoms with E-state index in [2.05, 4.69) is 47.2 Å². The number of ether oxygens (including phenoxy) is 1. The Bertz CT molecular complexity index is 457. The Morgan fingerprint density at radius 3 is 2.85 bits per heavy atom. The number of anilines is 2. The summed E-state index contributed by atoms with van der Waals surface area (Å²) in [6.07, 6.45) is 1.44. The Morgan fingerprint density at radius 2 is 2.10 bits per heavy atom. The van der Waals surface area contributed by atoms with Gasteiger partial charge in [0, 0.05) is 32.7 Å². The predicted octanol–water partition coefficient (Wildman–Crippen LogP) is 2.09. The van der Waals surface area contributed by atoms with Crippen molar-refractivity contribution in [1.82, 2.24) is 5.32 Å². The average molecular weight is 275 g/mol. The van der Waals surface area contributed by atoms with Crippen LogP contribution in [0.15, 0.2) is 18.2 Å². The molecule has 4 nitrogen and oxygen atoms in total. The summed E-state index contributed by atoms with van der Waals surface area (Å²) in [5, 5.41) is 3.42. The van der Waals surface area contributed by atoms with Crippen LogP contribution >= 0.6 is 0 Å². The van der Waals surface area contributed by atoms with E-state index in [1.54, 1.807) is 0 Å². The lowest BCUT2D eigenvalue weighted by Crippen LogP contribution is -2.45. The molecule has 110 valence electrons. The minimum atomic E-state index is 0.271. The highest BCUT2D eigenvalue weighted by atomic mass is 16.5. The smallest absolute Gasteiger partial charge is 0.145 e. The van der Waals surface area contributed by atoms with Crippen LogP contribution in [0.5, 0.6) is 5.75 Å². The van der Waals surface area contributed by atoms with Crippen LogP contribution in [0.25, 0.3) is 0 Å². The van der Waals surface area contributed by atoms with E-state index in [9.17, 15) is 0 Å². The summed E-state index contributed by atoms with van der Waals surface area (Å²) in [7, 11) is 0. The maximum atomic E-state index is 6.06. The van der Waals surface area contributed by atoms with Crippen LogP contribution in [0, 0.1) is 0 Å². The number of hydrogen-bond donors (Lipinski definition) is 1. The highest BCUT2D eigenvalue weighted by Gasteiger charge is 2.27. The molecule has 0 bridgehead atoms. The van der Waals surface area contributed by atoms with Crippen molar-refractivity contribution in [3.63, 3.8) is 0 Å². The van der Waals surface area contributed by atoms with Gasteiger partial charge in [-0.15, -0.1) is 0 Å². The molecule has 3 rings (SSSR count). The van der Waals surface area contributed by atoms with E-state index in [4.69, 9.17) is 4.74 Å². The summed E-state index contributed by atoms with van der Waals surface area (Å²) in [5.74, 6) is 1.05. The predicted molar refractivity (Wildman–Crippen MR) is 84.1 cm³/mol. The van der Waals surface area contributed by atoms with Crippen LogP contribution in [0.1, 0.15) is 20.3 Å². The number of rotatable bonds is 3. The SMILES string of the molecule is CCCN1CC(C)Oc2cccc(N3CCNCC3)c21. The molecule has 1 aromatic carbocycles. The maximum absolute atomic E-state index is 6.06. The molecule has 1 saturated heterocycles. The molecule has 1 aromatic rings. The van der Waals surface area contributed by atoms with Gasteiger partial charge in [0.15, 0.2) is 0 Å². The van der Waals surface area contributed by atoms with Gasteiger partial charge in [-0.1, -0.05) is 13.0 Å². The van der Waals surface area contributed by atoms with E-state index in [-0.39, 0.29) is 6.10 Å². The Kier molecular flexibility index (Phi) is 4.01. The van der Waals surface area contributed by atoms with Crippen LogP contribution in [0.2, 0.25) is 0 Å². The lowest BCUT2D eigenvalue weighted by atomic mass is 10.1. The van der Waals surface area contributed by atoms with Gasteiger partial charge in [0.1, 0.15) is 17.5 Å². The first kappa shape index (κ1) is 13.6. The van der Waals surface area contributed by atoms with Crippen molar-refractivity contribution in [2.75, 3.05) is 49.1 Å². The van der Waals surface area contributed by atoms with E-state index < -0.39 is 0 Å². The molecule has 2 aliphatic rings. The molecule has 2 aliphatic heterocycles. The number of nitrogens with one attached hydrogen (secondary N) is 1. The van der Waals surface area contributed by atoms with Crippen LogP contribution in [0.4, 0.5) is 11.4 Å². The van der Waals surface area contributed by atoms with Gasteiger partial charge in [0.25, 0.3) is 0 Å². The maximum Gasteiger partial charge on any atom is 0.145 e. The number of hydrogen-bond acceptors (Lipinski definition) is 4. The van der Waals surface area contributed by atoms with Crippen LogP contribution < -0.4 is 19.9 Å². The Hall–Kier alpha value is -1.42. The molecule has 0 aromatic heterocycles. The second-order valence-electron chi connectivity index (χ2n) is 5.74. The van der Waals surface area contributed by atoms with Crippen molar-refractivity contribution in [2.45, 2.75) is 26.4 Å². The first-order valence-electron chi connectivity index (χ1n) is 7.80. The molecule has 1 fully saturated rings. The molecule has 1 N–H and O–H groups in total. The van der Waals surface area contributed by atoms with Gasteiger partial charge in [-0.05, 0) is 25.5 Å². The first-order chi connectivity index (χ1) is 9.79. The second-order valence-corrected chi connectivity index (χ2v) is 5.74. The van der Waals surface area contributed by atoms with Gasteiger partial charge >= 0.3 is 0 Å². The number of benzene rings is 1. The molecule has 2 heterocycles. The molecule has 1 atom stereocenters. The third kappa shape index (κ3) is 2.57. The fraction of sp³-hybridized carbons (Fsp3) is 0.625. The Balaban J connectivity index is 1.96. The highest BCUT2D eigenvalue weighted by Crippen LogP contribution is 2.41. The highest BCUT2D eigenvalue weighted by molar-refractivity contribution is 5.78. The molecule has 0 aliphatic carbocycles. The zero-order valence-electron chi connectivity index (χ0n) is 12.6. The van der Waals surface area contributed by atoms with Crippen molar-refractivity contribution in [1.29, 1.82) is 0 Å². The van der Waals surface area contributed by atoms with E-state index in [1.165, 1.54) is 17.8 Å². The third-order valence-electron chi connectivity index (χ3n) is 4.05. The molecule has 1 unspecified atom stereocenters. The summed E-state index contributed by atoms with van der Waals surface area (Å²) >= 11 is 0. The molecular weight excluding hydrogens is 250 g/mol. The minimum absolute atomic E-state index is 0.271. The molecular formula is C16H25N3O. The molecule has 0 spiro atoms. The van der Waals surface area contributed by atoms with Gasteiger partial charge in [-0.25, -0.2) is 0 Å². The quantitative estimate of drug-likeness (QED) is 0.914. The zero-order chi connectivity index (χ0) is 13.9. The van der Waals surface area contributed by atoms with Crippen molar-refractivity contribution in [3.05, 3.63) is 18.2 Å². The molecule has 4 heteroatoms. The van der Waals surface area contributed by atoms with E-state index in [0.717, 1.165) is 45.0 Å². The topological polar surface area (TPSA) is 27.7 Å². The van der Waals surface area contributed by atoms with Crippen molar-refractivity contribution in [3.8, 4) is 5.75 Å². The minimum Gasteiger partial charge on any atom is -0.487 e. The summed E-state index contributed by atoms with van der Waals surface area (Å²) in [6.45, 7) is 10.8. The normalized spacial score (nSPS) is 22.4. The standard InChI is InChI=1S/C16H25N3O/c1-3-9-19-12-13(2)20-15-6-4-5-14(16(15)19)18-10-7-17-8-11-18/h4-6,13,17H,3,7-12H2,1-2H3. The van der Waals surface area contributed by atoms with Gasteiger partial charge in [0.05, 0.1) is 12.2 Å². The Labute approximate surface area is 121 Å². The van der Waals surface area contributed by atoms with Crippen molar-refractivity contribution in [2.24, 2.45) is 0 Å². The number of para-hydroxylation sites is 1. The monoisotopic (exact) mass is 275 g/mol. The van der Waals surface area contributed by atoms with Gasteiger partial charge in [-0.2, -0.15) is 0 Å². The lowest BCUT2D eigenvalue weighted by Gasteiger charge is -2.39. The van der Waals surface area contributed by atoms with Crippen LogP contribution in [0.3, 0.4) is 0 Å². The fourth-order valence-corrected chi connectivity index (χ4v) is 3.21. The Morgan fingerprint density at radius 1 is 1.30 bits per heavy atom. The third-order valence-corrected chi connectivity index (χ3v) is 4.05. The van der Waals surface area contributed by atoms with Crippen molar-refractivity contribution < 1.29 is 4.74 Å². The number of piperazine rings is 1. The van der Waals surface area contributed by atoms with Gasteiger partial charge in [0.2, 0.25) is 0 Å². The zero-order valence-corrected chi connectivity index (χ0v) is 12.6. The lowest BCUT2D eigenvalue weighted by molar-refractivity contribution is 0.212. The number of nitrogens with zero attached hydrogens (tertiary/aromatic N) is 2. The summed E-state index contributed by atoms with van der Waals surface area (Å²) in [5.41, 5.74) is 2.64. The van der Waals surface area contributed by atoms with Crippen LogP contribution in [-0.2, 0) is 0 Å². The molecule has 0 amide bonds. The van der Waals surface area contributed by atoms with E-state index in [1.807, 2.05) is 0 Å². The van der Waals surface area contributed by atoms with Gasteiger partial charge < -0.3 is 19.9 Å². The summed E-state index contributed by atoms with van der Waals surface area (Å²) in [4.78, 5) is 4.98.